The summed E-state index contributed by atoms with van der Waals surface area (Å²) < 4.78 is 5.59. The molecule has 0 saturated carbocycles. The Balaban J connectivity index is 1.79. The van der Waals surface area contributed by atoms with Gasteiger partial charge in [0.1, 0.15) is 5.75 Å². The van der Waals surface area contributed by atoms with Gasteiger partial charge in [-0.2, -0.15) is 0 Å². The molecule has 0 unspecified atom stereocenters. The molecule has 1 fully saturated rings. The summed E-state index contributed by atoms with van der Waals surface area (Å²) >= 11 is 0. The number of hydrogen-bond donors (Lipinski definition) is 1. The zero-order valence-corrected chi connectivity index (χ0v) is 14.8. The standard InChI is InChI=1S/C21H23NO4/c1-2-11-26-17-10-6-9-16(12-17)20(23)22-13-18(19(14-22)21(24)25)15-7-4-3-5-8-15/h3-10,12,18-19H,2,11,13-14H2,1H3,(H,24,25)/t18-,19-/m0/s1. The maximum atomic E-state index is 12.9. The molecule has 5 heteroatoms. The minimum absolute atomic E-state index is 0.156. The molecule has 0 radical (unpaired) electrons. The number of aliphatic carboxylic acids is 1. The molecule has 2 aromatic carbocycles. The van der Waals surface area contributed by atoms with E-state index in [0.29, 0.717) is 24.5 Å². The van der Waals surface area contributed by atoms with E-state index in [9.17, 15) is 14.7 Å². The molecule has 1 aliphatic heterocycles. The van der Waals surface area contributed by atoms with Crippen molar-refractivity contribution in [1.29, 1.82) is 0 Å². The summed E-state index contributed by atoms with van der Waals surface area (Å²) in [5, 5.41) is 9.60. The molecule has 1 aliphatic rings. The van der Waals surface area contributed by atoms with Gasteiger partial charge in [-0.1, -0.05) is 43.3 Å². The summed E-state index contributed by atoms with van der Waals surface area (Å²) in [6.45, 7) is 3.24. The van der Waals surface area contributed by atoms with E-state index in [1.807, 2.05) is 43.3 Å². The smallest absolute Gasteiger partial charge is 0.308 e. The Morgan fingerprint density at radius 3 is 2.58 bits per heavy atom. The van der Waals surface area contributed by atoms with E-state index in [2.05, 4.69) is 0 Å². The molecule has 2 atom stereocenters. The fourth-order valence-corrected chi connectivity index (χ4v) is 3.38. The summed E-state index contributed by atoms with van der Waals surface area (Å²) in [5.74, 6) is -1.16. The second kappa shape index (κ2) is 8.04. The zero-order valence-electron chi connectivity index (χ0n) is 14.8. The summed E-state index contributed by atoms with van der Waals surface area (Å²) in [6.07, 6.45) is 0.892. The average Bonchev–Trinajstić information content (AvgIpc) is 3.12. The lowest BCUT2D eigenvalue weighted by molar-refractivity contribution is -0.141. The van der Waals surface area contributed by atoms with Crippen LogP contribution in [0.25, 0.3) is 0 Å². The first-order valence-corrected chi connectivity index (χ1v) is 8.90. The lowest BCUT2D eigenvalue weighted by Crippen LogP contribution is -2.29. The van der Waals surface area contributed by atoms with E-state index in [1.54, 1.807) is 23.1 Å². The third kappa shape index (κ3) is 3.87. The van der Waals surface area contributed by atoms with Gasteiger partial charge in [0.05, 0.1) is 12.5 Å². The van der Waals surface area contributed by atoms with Crippen LogP contribution in [0.2, 0.25) is 0 Å². The first-order valence-electron chi connectivity index (χ1n) is 8.90. The number of carboxylic acid groups (broad SMARTS) is 1. The predicted octanol–water partition coefficient (Wildman–Crippen LogP) is 3.42. The number of rotatable bonds is 6. The van der Waals surface area contributed by atoms with Crippen LogP contribution in [0, 0.1) is 5.92 Å². The molecule has 1 heterocycles. The molecular weight excluding hydrogens is 330 g/mol. The lowest BCUT2D eigenvalue weighted by atomic mass is 9.89. The first kappa shape index (κ1) is 18.0. The van der Waals surface area contributed by atoms with Crippen molar-refractivity contribution < 1.29 is 19.4 Å². The van der Waals surface area contributed by atoms with Gasteiger partial charge in [-0.05, 0) is 30.2 Å². The van der Waals surface area contributed by atoms with E-state index < -0.39 is 11.9 Å². The fraction of sp³-hybridized carbons (Fsp3) is 0.333. The number of ether oxygens (including phenoxy) is 1. The summed E-state index contributed by atoms with van der Waals surface area (Å²) in [6, 6.07) is 16.6. The van der Waals surface area contributed by atoms with Crippen molar-refractivity contribution in [1.82, 2.24) is 4.90 Å². The summed E-state index contributed by atoms with van der Waals surface area (Å²) in [5.41, 5.74) is 1.48. The van der Waals surface area contributed by atoms with Crippen molar-refractivity contribution in [2.75, 3.05) is 19.7 Å². The number of carbonyl (C=O) groups is 2. The van der Waals surface area contributed by atoms with Gasteiger partial charge in [0.25, 0.3) is 5.91 Å². The monoisotopic (exact) mass is 353 g/mol. The molecule has 1 amide bonds. The fourth-order valence-electron chi connectivity index (χ4n) is 3.38. The van der Waals surface area contributed by atoms with Gasteiger partial charge < -0.3 is 14.7 Å². The van der Waals surface area contributed by atoms with Gasteiger partial charge in [-0.3, -0.25) is 9.59 Å². The number of nitrogens with zero attached hydrogens (tertiary/aromatic N) is 1. The third-order valence-corrected chi connectivity index (χ3v) is 4.71. The van der Waals surface area contributed by atoms with E-state index in [-0.39, 0.29) is 18.4 Å². The first-order chi connectivity index (χ1) is 12.6. The maximum absolute atomic E-state index is 12.9. The van der Waals surface area contributed by atoms with Gasteiger partial charge in [0.15, 0.2) is 0 Å². The van der Waals surface area contributed by atoms with Gasteiger partial charge in [0, 0.05) is 24.6 Å². The number of benzene rings is 2. The highest BCUT2D eigenvalue weighted by molar-refractivity contribution is 5.95. The van der Waals surface area contributed by atoms with E-state index >= 15 is 0 Å². The molecular formula is C21H23NO4. The minimum Gasteiger partial charge on any atom is -0.494 e. The Hall–Kier alpha value is -2.82. The lowest BCUT2D eigenvalue weighted by Gasteiger charge is -2.17. The van der Waals surface area contributed by atoms with Crippen molar-refractivity contribution in [3.8, 4) is 5.75 Å². The quantitative estimate of drug-likeness (QED) is 0.864. The van der Waals surface area contributed by atoms with Crippen LogP contribution in [-0.4, -0.2) is 41.6 Å². The van der Waals surface area contributed by atoms with Crippen LogP contribution in [0.5, 0.6) is 5.75 Å². The maximum Gasteiger partial charge on any atom is 0.308 e. The Kier molecular flexibility index (Phi) is 5.56. The third-order valence-electron chi connectivity index (χ3n) is 4.71. The molecule has 5 nitrogen and oxygen atoms in total. The Labute approximate surface area is 153 Å². The van der Waals surface area contributed by atoms with Crippen molar-refractivity contribution in [3.63, 3.8) is 0 Å². The van der Waals surface area contributed by atoms with Crippen LogP contribution < -0.4 is 4.74 Å². The number of amides is 1. The van der Waals surface area contributed by atoms with Gasteiger partial charge >= 0.3 is 5.97 Å². The molecule has 136 valence electrons. The van der Waals surface area contributed by atoms with Crippen molar-refractivity contribution in [2.45, 2.75) is 19.3 Å². The summed E-state index contributed by atoms with van der Waals surface area (Å²) in [4.78, 5) is 26.2. The Morgan fingerprint density at radius 1 is 1.12 bits per heavy atom. The molecule has 1 saturated heterocycles. The molecule has 0 bridgehead atoms. The predicted molar refractivity (Wildman–Crippen MR) is 98.4 cm³/mol. The molecule has 1 N–H and O–H groups in total. The number of carboxylic acids is 1. The molecule has 26 heavy (non-hydrogen) atoms. The van der Waals surface area contributed by atoms with Crippen molar-refractivity contribution in [3.05, 3.63) is 65.7 Å². The highest BCUT2D eigenvalue weighted by Gasteiger charge is 2.40. The largest absolute Gasteiger partial charge is 0.494 e. The summed E-state index contributed by atoms with van der Waals surface area (Å²) in [7, 11) is 0. The van der Waals surface area contributed by atoms with Gasteiger partial charge in [-0.25, -0.2) is 0 Å². The van der Waals surface area contributed by atoms with Crippen LogP contribution in [0.1, 0.15) is 35.2 Å². The zero-order chi connectivity index (χ0) is 18.5. The molecule has 0 aromatic heterocycles. The molecule has 3 rings (SSSR count). The Bertz CT molecular complexity index is 775. The van der Waals surface area contributed by atoms with Crippen LogP contribution >= 0.6 is 0 Å². The van der Waals surface area contributed by atoms with Crippen LogP contribution in [0.15, 0.2) is 54.6 Å². The Morgan fingerprint density at radius 2 is 1.88 bits per heavy atom. The minimum atomic E-state index is -0.866. The van der Waals surface area contributed by atoms with Crippen LogP contribution in [-0.2, 0) is 4.79 Å². The van der Waals surface area contributed by atoms with Crippen molar-refractivity contribution in [2.24, 2.45) is 5.92 Å². The van der Waals surface area contributed by atoms with E-state index in [4.69, 9.17) is 4.74 Å². The van der Waals surface area contributed by atoms with Crippen LogP contribution in [0.3, 0.4) is 0 Å². The second-order valence-corrected chi connectivity index (χ2v) is 6.55. The van der Waals surface area contributed by atoms with Crippen LogP contribution in [0.4, 0.5) is 0 Å². The SMILES string of the molecule is CCCOc1cccc(C(=O)N2C[C@H](C(=O)O)[C@H](c3ccccc3)C2)c1. The van der Waals surface area contributed by atoms with E-state index in [0.717, 1.165) is 12.0 Å². The molecule has 0 spiro atoms. The highest BCUT2D eigenvalue weighted by Crippen LogP contribution is 2.33. The van der Waals surface area contributed by atoms with Gasteiger partial charge in [-0.15, -0.1) is 0 Å². The topological polar surface area (TPSA) is 66.8 Å². The molecule has 0 aliphatic carbocycles. The molecule has 2 aromatic rings. The number of likely N-dealkylation sites (tertiary alicyclic amines) is 1. The number of hydrogen-bond acceptors (Lipinski definition) is 3. The van der Waals surface area contributed by atoms with E-state index in [1.165, 1.54) is 0 Å². The van der Waals surface area contributed by atoms with Gasteiger partial charge in [0.2, 0.25) is 0 Å². The normalized spacial score (nSPS) is 19.3. The van der Waals surface area contributed by atoms with Crippen molar-refractivity contribution >= 4 is 11.9 Å². The average molecular weight is 353 g/mol. The highest BCUT2D eigenvalue weighted by atomic mass is 16.5. The second-order valence-electron chi connectivity index (χ2n) is 6.55. The number of carbonyl (C=O) groups excluding carboxylic acids is 1.